The maximum Gasteiger partial charge on any atom is 0.245 e. The average Bonchev–Trinajstić information content (AvgIpc) is 2.43. The Balaban J connectivity index is 2.32. The number of anilines is 2. The summed E-state index contributed by atoms with van der Waals surface area (Å²) in [5.74, 6) is -0.551. The molecule has 0 saturated carbocycles. The molecule has 1 aromatic rings. The molecule has 7 heteroatoms. The zero-order valence-corrected chi connectivity index (χ0v) is 12.7. The van der Waals surface area contributed by atoms with Crippen molar-refractivity contribution >= 4 is 33.2 Å². The first-order chi connectivity index (χ1) is 9.54. The van der Waals surface area contributed by atoms with Gasteiger partial charge < -0.3 is 20.7 Å². The van der Waals surface area contributed by atoms with Gasteiger partial charge in [0.25, 0.3) is 0 Å². The smallest absolute Gasteiger partial charge is 0.245 e. The second-order valence-electron chi connectivity index (χ2n) is 4.50. The number of benzene rings is 1. The molecule has 5 nitrogen and oxygen atoms in total. The van der Waals surface area contributed by atoms with Gasteiger partial charge in [0.05, 0.1) is 29.1 Å². The highest BCUT2D eigenvalue weighted by molar-refractivity contribution is 9.10. The van der Waals surface area contributed by atoms with Crippen LogP contribution in [-0.4, -0.2) is 38.3 Å². The van der Waals surface area contributed by atoms with Gasteiger partial charge in [-0.15, -0.1) is 0 Å². The van der Waals surface area contributed by atoms with Crippen LogP contribution in [0.3, 0.4) is 0 Å². The predicted molar refractivity (Wildman–Crippen MR) is 79.1 cm³/mol. The number of carbonyl (C=O) groups is 1. The zero-order chi connectivity index (χ0) is 14.7. The Kier molecular flexibility index (Phi) is 4.82. The van der Waals surface area contributed by atoms with E-state index >= 15 is 0 Å². The second kappa shape index (κ2) is 6.41. The van der Waals surface area contributed by atoms with Crippen molar-refractivity contribution in [3.05, 3.63) is 22.4 Å². The number of halogens is 2. The molecule has 0 spiro atoms. The predicted octanol–water partition coefficient (Wildman–Crippen LogP) is 1.51. The molecule has 110 valence electrons. The maximum atomic E-state index is 13.7. The Labute approximate surface area is 125 Å². The number of hydrogen-bond donors (Lipinski definition) is 2. The first-order valence-electron chi connectivity index (χ1n) is 6.41. The summed E-state index contributed by atoms with van der Waals surface area (Å²) in [6.45, 7) is 3.62. The third-order valence-electron chi connectivity index (χ3n) is 3.16. The Bertz CT molecular complexity index is 513. The van der Waals surface area contributed by atoms with E-state index < -0.39 is 11.9 Å². The topological polar surface area (TPSA) is 67.6 Å². The van der Waals surface area contributed by atoms with Crippen molar-refractivity contribution in [3.8, 4) is 0 Å². The van der Waals surface area contributed by atoms with E-state index in [-0.39, 0.29) is 12.5 Å². The van der Waals surface area contributed by atoms with Crippen molar-refractivity contribution in [3.63, 3.8) is 0 Å². The third-order valence-corrected chi connectivity index (χ3v) is 3.77. The molecule has 1 aliphatic rings. The number of nitrogens with two attached hydrogens (primary N) is 1. The minimum absolute atomic E-state index is 0.144. The molecule has 0 aliphatic carbocycles. The largest absolute Gasteiger partial charge is 0.397 e. The molecule has 1 aromatic carbocycles. The monoisotopic (exact) mass is 345 g/mol. The van der Waals surface area contributed by atoms with E-state index in [0.29, 0.717) is 35.5 Å². The lowest BCUT2D eigenvalue weighted by molar-refractivity contribution is -0.124. The summed E-state index contributed by atoms with van der Waals surface area (Å²) in [5, 5.41) is 2.76. The molecular weight excluding hydrogens is 329 g/mol. The van der Waals surface area contributed by atoms with Crippen molar-refractivity contribution in [2.75, 3.05) is 36.9 Å². The van der Waals surface area contributed by atoms with Crippen molar-refractivity contribution in [1.29, 1.82) is 0 Å². The average molecular weight is 346 g/mol. The molecule has 1 heterocycles. The van der Waals surface area contributed by atoms with E-state index in [1.807, 2.05) is 6.92 Å². The number of rotatable bonds is 3. The number of nitrogens with zero attached hydrogens (tertiary/aromatic N) is 1. The summed E-state index contributed by atoms with van der Waals surface area (Å²) in [4.78, 5) is 13.9. The van der Waals surface area contributed by atoms with Crippen LogP contribution in [0.5, 0.6) is 0 Å². The van der Waals surface area contributed by atoms with Gasteiger partial charge in [0.1, 0.15) is 11.9 Å². The number of nitrogen functional groups attached to an aromatic ring is 1. The highest BCUT2D eigenvalue weighted by atomic mass is 79.9. The highest BCUT2D eigenvalue weighted by Gasteiger charge is 2.30. The molecule has 1 saturated heterocycles. The summed E-state index contributed by atoms with van der Waals surface area (Å²) < 4.78 is 19.4. The van der Waals surface area contributed by atoms with Crippen LogP contribution in [0.2, 0.25) is 0 Å². The lowest BCUT2D eigenvalue weighted by atomic mass is 10.1. The number of likely N-dealkylation sites (N-methyl/N-ethyl adjacent to an activating group) is 1. The highest BCUT2D eigenvalue weighted by Crippen LogP contribution is 2.31. The standard InChI is InChI=1S/C13H17BrFN3O2/c1-2-17-13(19)12-7-20-4-3-18(12)11-6-9(15)8(14)5-10(11)16/h5-6,12H,2-4,7,16H2,1H3,(H,17,19). The third kappa shape index (κ3) is 3.04. The number of morpholine rings is 1. The van der Waals surface area contributed by atoms with Gasteiger partial charge in [0.15, 0.2) is 0 Å². The minimum atomic E-state index is -0.494. The van der Waals surface area contributed by atoms with Crippen molar-refractivity contribution in [1.82, 2.24) is 5.32 Å². The second-order valence-corrected chi connectivity index (χ2v) is 5.36. The van der Waals surface area contributed by atoms with Gasteiger partial charge in [-0.2, -0.15) is 0 Å². The Morgan fingerprint density at radius 2 is 2.40 bits per heavy atom. The van der Waals surface area contributed by atoms with E-state index in [9.17, 15) is 9.18 Å². The van der Waals surface area contributed by atoms with Gasteiger partial charge in [-0.3, -0.25) is 4.79 Å². The van der Waals surface area contributed by atoms with Gasteiger partial charge in [-0.1, -0.05) is 0 Å². The van der Waals surface area contributed by atoms with Gasteiger partial charge in [-0.25, -0.2) is 4.39 Å². The zero-order valence-electron chi connectivity index (χ0n) is 11.2. The summed E-state index contributed by atoms with van der Waals surface area (Å²) in [6.07, 6.45) is 0. The van der Waals surface area contributed by atoms with Gasteiger partial charge in [0, 0.05) is 19.2 Å². The lowest BCUT2D eigenvalue weighted by Crippen LogP contribution is -2.54. The molecule has 1 fully saturated rings. The van der Waals surface area contributed by atoms with Crippen LogP contribution in [0.15, 0.2) is 16.6 Å². The molecule has 1 unspecified atom stereocenters. The number of ether oxygens (including phenoxy) is 1. The van der Waals surface area contributed by atoms with Gasteiger partial charge >= 0.3 is 0 Å². The van der Waals surface area contributed by atoms with Crippen molar-refractivity contribution in [2.45, 2.75) is 13.0 Å². The van der Waals surface area contributed by atoms with Crippen LogP contribution in [0.4, 0.5) is 15.8 Å². The molecule has 1 amide bonds. The molecule has 3 N–H and O–H groups in total. The molecule has 0 radical (unpaired) electrons. The molecule has 1 atom stereocenters. The van der Waals surface area contributed by atoms with Crippen LogP contribution in [0.1, 0.15) is 6.92 Å². The van der Waals surface area contributed by atoms with Crippen molar-refractivity contribution in [2.24, 2.45) is 0 Å². The SMILES string of the molecule is CCNC(=O)C1COCCN1c1cc(F)c(Br)cc1N. The molecule has 0 bridgehead atoms. The maximum absolute atomic E-state index is 13.7. The molecule has 20 heavy (non-hydrogen) atoms. The van der Waals surface area contributed by atoms with Crippen LogP contribution in [0.25, 0.3) is 0 Å². The molecular formula is C13H17BrFN3O2. The van der Waals surface area contributed by atoms with Gasteiger partial charge in [0.2, 0.25) is 5.91 Å². The van der Waals surface area contributed by atoms with Crippen molar-refractivity contribution < 1.29 is 13.9 Å². The summed E-state index contributed by atoms with van der Waals surface area (Å²) in [7, 11) is 0. The number of amides is 1. The number of hydrogen-bond acceptors (Lipinski definition) is 4. The molecule has 2 rings (SSSR count). The lowest BCUT2D eigenvalue weighted by Gasteiger charge is -2.37. The van der Waals surface area contributed by atoms with E-state index in [1.54, 1.807) is 4.90 Å². The van der Waals surface area contributed by atoms with Crippen LogP contribution in [-0.2, 0) is 9.53 Å². The first-order valence-corrected chi connectivity index (χ1v) is 7.20. The Hall–Kier alpha value is -1.34. The fourth-order valence-corrected chi connectivity index (χ4v) is 2.56. The number of carbonyl (C=O) groups excluding carboxylic acids is 1. The Morgan fingerprint density at radius 1 is 1.65 bits per heavy atom. The first kappa shape index (κ1) is 15.1. The van der Waals surface area contributed by atoms with E-state index in [1.165, 1.54) is 12.1 Å². The van der Waals surface area contributed by atoms with E-state index in [0.717, 1.165) is 0 Å². The quantitative estimate of drug-likeness (QED) is 0.815. The summed E-state index contributed by atoms with van der Waals surface area (Å²) in [6, 6.07) is 2.36. The van der Waals surface area contributed by atoms with E-state index in [4.69, 9.17) is 10.5 Å². The fraction of sp³-hybridized carbons (Fsp3) is 0.462. The fourth-order valence-electron chi connectivity index (χ4n) is 2.20. The number of nitrogens with one attached hydrogen (secondary N) is 1. The van der Waals surface area contributed by atoms with Crippen LogP contribution < -0.4 is 16.0 Å². The molecule has 1 aliphatic heterocycles. The van der Waals surface area contributed by atoms with Crippen LogP contribution >= 0.6 is 15.9 Å². The normalized spacial score (nSPS) is 18.9. The van der Waals surface area contributed by atoms with Gasteiger partial charge in [-0.05, 0) is 28.9 Å². The van der Waals surface area contributed by atoms with Crippen LogP contribution in [0, 0.1) is 5.82 Å². The summed E-state index contributed by atoms with van der Waals surface area (Å²) >= 11 is 3.10. The molecule has 0 aromatic heterocycles. The van der Waals surface area contributed by atoms with E-state index in [2.05, 4.69) is 21.2 Å². The Morgan fingerprint density at radius 3 is 3.10 bits per heavy atom. The summed E-state index contributed by atoms with van der Waals surface area (Å²) in [5.41, 5.74) is 6.89. The minimum Gasteiger partial charge on any atom is -0.397 e.